The van der Waals surface area contributed by atoms with E-state index in [-0.39, 0.29) is 33.9 Å². The van der Waals surface area contributed by atoms with E-state index < -0.39 is 0 Å². The fourth-order valence-corrected chi connectivity index (χ4v) is 15.7. The van der Waals surface area contributed by atoms with Gasteiger partial charge in [0.1, 0.15) is 0 Å². The molecule has 2 aliphatic heterocycles. The van der Waals surface area contributed by atoms with Crippen molar-refractivity contribution in [3.63, 3.8) is 0 Å². The third-order valence-electron chi connectivity index (χ3n) is 18.9. The summed E-state index contributed by atoms with van der Waals surface area (Å²) < 4.78 is 2.81. The molecule has 0 atom stereocenters. The van der Waals surface area contributed by atoms with Crippen LogP contribution in [0.15, 0.2) is 146 Å². The molecule has 3 heterocycles. The second kappa shape index (κ2) is 14.7. The van der Waals surface area contributed by atoms with Crippen molar-refractivity contribution in [2.75, 3.05) is 9.71 Å². The Bertz CT molecular complexity index is 3810. The number of aryl methyl sites for hydroxylation is 1. The molecule has 0 unspecified atom stereocenters. The molecule has 8 aromatic carbocycles. The Morgan fingerprint density at radius 3 is 1.74 bits per heavy atom. The number of rotatable bonds is 3. The molecule has 2 nitrogen and oxygen atoms in total. The van der Waals surface area contributed by atoms with Gasteiger partial charge in [-0.05, 0) is 180 Å². The zero-order valence-electron chi connectivity index (χ0n) is 44.1. The van der Waals surface area contributed by atoms with Crippen LogP contribution in [0.2, 0.25) is 0 Å². The van der Waals surface area contributed by atoms with Gasteiger partial charge in [0.05, 0.1) is 11.4 Å². The molecular formula is C68H65BN2S. The van der Waals surface area contributed by atoms with Crippen molar-refractivity contribution in [3.8, 4) is 33.4 Å². The third-order valence-corrected chi connectivity index (χ3v) is 20.1. The van der Waals surface area contributed by atoms with Crippen LogP contribution in [0.5, 0.6) is 0 Å². The first kappa shape index (κ1) is 44.4. The summed E-state index contributed by atoms with van der Waals surface area (Å²) in [5.74, 6) is 0. The van der Waals surface area contributed by atoms with Gasteiger partial charge in [0.2, 0.25) is 0 Å². The lowest BCUT2D eigenvalue weighted by Gasteiger charge is -2.47. The number of anilines is 5. The highest BCUT2D eigenvalue weighted by atomic mass is 32.1. The van der Waals surface area contributed by atoms with Crippen LogP contribution in [-0.2, 0) is 27.1 Å². The number of benzene rings is 8. The van der Waals surface area contributed by atoms with Crippen LogP contribution < -0.4 is 20.0 Å². The van der Waals surface area contributed by atoms with Gasteiger partial charge in [0, 0.05) is 48.3 Å². The first-order chi connectivity index (χ1) is 34.3. The molecule has 0 fully saturated rings. The minimum atomic E-state index is -0.157. The number of fused-ring (bicyclic) bond motifs is 13. The maximum atomic E-state index is 2.81. The molecular weight excluding hydrogens is 888 g/mol. The largest absolute Gasteiger partial charge is 0.376 e. The maximum absolute atomic E-state index is 2.81. The van der Waals surface area contributed by atoms with Gasteiger partial charge in [-0.1, -0.05) is 166 Å². The highest BCUT2D eigenvalue weighted by molar-refractivity contribution is 7.32. The molecule has 0 amide bonds. The molecule has 5 aliphatic rings. The maximum Gasteiger partial charge on any atom is 0.343 e. The van der Waals surface area contributed by atoms with Gasteiger partial charge in [0.25, 0.3) is 0 Å². The quantitative estimate of drug-likeness (QED) is 0.163. The van der Waals surface area contributed by atoms with E-state index in [1.54, 1.807) is 0 Å². The summed E-state index contributed by atoms with van der Waals surface area (Å²) in [6.45, 7) is 27.1. The lowest BCUT2D eigenvalue weighted by atomic mass is 9.46. The molecule has 14 rings (SSSR count). The van der Waals surface area contributed by atoms with Crippen LogP contribution in [0.4, 0.5) is 28.4 Å². The van der Waals surface area contributed by atoms with Crippen LogP contribution in [0.1, 0.15) is 134 Å². The predicted octanol–water partition coefficient (Wildman–Crippen LogP) is 17.7. The summed E-state index contributed by atoms with van der Waals surface area (Å²) in [7, 11) is 0. The molecule has 0 N–H and O–H groups in total. The standard InChI is InChI=1S/C68H65BN2S/c1-40-33-53-55(66(6,7)31-29-64(53,2)3)38-57(40)70-61-45-22-16-15-21-43(45)34-49-48-35-47-46-23-17-18-24-51(46)68(10,11)52(47)37-58(48)71(44-27-25-42(26-28-44)41-19-13-12-14-20-41)69(60(49)61)63-62(70)50-36-54-56(39-59(50)72-63)67(8,9)32-30-65(54,4)5/h12-28,33-39H,29-32H2,1-11H3. The molecule has 1 aromatic heterocycles. The van der Waals surface area contributed by atoms with Crippen LogP contribution in [0.3, 0.4) is 0 Å². The smallest absolute Gasteiger partial charge is 0.343 e. The lowest BCUT2D eigenvalue weighted by molar-refractivity contribution is 0.332. The second-order valence-electron chi connectivity index (χ2n) is 25.4. The summed E-state index contributed by atoms with van der Waals surface area (Å²) >= 11 is 2.06. The van der Waals surface area contributed by atoms with E-state index in [1.165, 1.54) is 158 Å². The predicted molar refractivity (Wildman–Crippen MR) is 311 cm³/mol. The van der Waals surface area contributed by atoms with Crippen molar-refractivity contribution >= 4 is 77.7 Å². The van der Waals surface area contributed by atoms with E-state index in [9.17, 15) is 0 Å². The zero-order valence-corrected chi connectivity index (χ0v) is 44.9. The molecule has 3 aliphatic carbocycles. The van der Waals surface area contributed by atoms with E-state index in [0.29, 0.717) is 0 Å². The molecule has 9 aromatic rings. The van der Waals surface area contributed by atoms with Crippen LogP contribution in [0, 0.1) is 6.92 Å². The molecule has 0 bridgehead atoms. The average Bonchev–Trinajstić information content (AvgIpc) is 3.85. The topological polar surface area (TPSA) is 6.48 Å². The van der Waals surface area contributed by atoms with E-state index in [0.717, 1.165) is 0 Å². The van der Waals surface area contributed by atoms with Crippen molar-refractivity contribution in [2.24, 2.45) is 0 Å². The van der Waals surface area contributed by atoms with Crippen LogP contribution in [0.25, 0.3) is 54.2 Å². The summed E-state index contributed by atoms with van der Waals surface area (Å²) in [6.07, 6.45) is 4.73. The summed E-state index contributed by atoms with van der Waals surface area (Å²) in [5, 5.41) is 3.97. The Morgan fingerprint density at radius 1 is 0.444 bits per heavy atom. The van der Waals surface area contributed by atoms with Crippen molar-refractivity contribution in [1.82, 2.24) is 0 Å². The number of nitrogens with zero attached hydrogens (tertiary/aromatic N) is 2. The molecule has 72 heavy (non-hydrogen) atoms. The second-order valence-corrected chi connectivity index (χ2v) is 26.5. The van der Waals surface area contributed by atoms with Gasteiger partial charge in [-0.2, -0.15) is 0 Å². The van der Waals surface area contributed by atoms with Crippen molar-refractivity contribution < 1.29 is 0 Å². The lowest BCUT2D eigenvalue weighted by Crippen LogP contribution is -2.60. The fraction of sp³-hybridized carbons (Fsp3) is 0.294. The Labute approximate surface area is 431 Å². The van der Waals surface area contributed by atoms with Gasteiger partial charge in [-0.15, -0.1) is 11.3 Å². The number of hydrogen-bond acceptors (Lipinski definition) is 3. The third kappa shape index (κ3) is 6.02. The Hall–Kier alpha value is -6.36. The SMILES string of the molecule is Cc1cc2c(cc1N1c3c4c(cc5ccccc35)-c3cc5c(cc3N(c3ccc(-c6ccccc6)cc3)B4c3sc4cc6c(cc4c31)C(C)(C)CCC6(C)C)C(C)(C)c1ccccc1-5)C(C)(C)CCC2(C)C. The first-order valence-corrected chi connectivity index (χ1v) is 27.5. The highest BCUT2D eigenvalue weighted by Crippen LogP contribution is 2.59. The molecule has 0 radical (unpaired) electrons. The molecule has 4 heteroatoms. The normalized spacial score (nSPS) is 18.7. The Balaban J connectivity index is 1.15. The minimum Gasteiger partial charge on any atom is -0.376 e. The van der Waals surface area contributed by atoms with Crippen molar-refractivity contribution in [1.29, 1.82) is 0 Å². The average molecular weight is 953 g/mol. The van der Waals surface area contributed by atoms with E-state index in [4.69, 9.17) is 0 Å². The van der Waals surface area contributed by atoms with Crippen LogP contribution in [-0.4, -0.2) is 6.85 Å². The molecule has 0 saturated carbocycles. The van der Waals surface area contributed by atoms with Gasteiger partial charge >= 0.3 is 6.85 Å². The van der Waals surface area contributed by atoms with Gasteiger partial charge < -0.3 is 9.71 Å². The van der Waals surface area contributed by atoms with Gasteiger partial charge in [0.15, 0.2) is 0 Å². The molecule has 0 saturated heterocycles. The Kier molecular flexibility index (Phi) is 9.03. The van der Waals surface area contributed by atoms with Gasteiger partial charge in [-0.3, -0.25) is 0 Å². The molecule has 356 valence electrons. The first-order valence-electron chi connectivity index (χ1n) is 26.7. The summed E-state index contributed by atoms with van der Waals surface area (Å²) in [6, 6.07) is 57.2. The zero-order chi connectivity index (χ0) is 49.6. The van der Waals surface area contributed by atoms with Crippen molar-refractivity contribution in [2.45, 2.75) is 129 Å². The minimum absolute atomic E-state index is 0.0458. The van der Waals surface area contributed by atoms with Crippen molar-refractivity contribution in [3.05, 3.63) is 185 Å². The summed E-state index contributed by atoms with van der Waals surface area (Å²) in [4.78, 5) is 5.58. The monoisotopic (exact) mass is 952 g/mol. The summed E-state index contributed by atoms with van der Waals surface area (Å²) in [5.41, 5.74) is 26.1. The number of thiophene rings is 1. The fourth-order valence-electron chi connectivity index (χ4n) is 14.4. The van der Waals surface area contributed by atoms with E-state index in [2.05, 4.69) is 243 Å². The highest BCUT2D eigenvalue weighted by Gasteiger charge is 2.50. The van der Waals surface area contributed by atoms with E-state index >= 15 is 0 Å². The molecule has 0 spiro atoms. The Morgan fingerprint density at radius 2 is 1.03 bits per heavy atom. The van der Waals surface area contributed by atoms with E-state index in [1.807, 2.05) is 0 Å². The van der Waals surface area contributed by atoms with Crippen LogP contribution >= 0.6 is 11.3 Å². The van der Waals surface area contributed by atoms with Gasteiger partial charge in [-0.25, -0.2) is 0 Å². The number of hydrogen-bond donors (Lipinski definition) is 0.